The van der Waals surface area contributed by atoms with Crippen molar-refractivity contribution in [2.45, 2.75) is 13.0 Å². The van der Waals surface area contributed by atoms with Gasteiger partial charge >= 0.3 is 11.9 Å². The summed E-state index contributed by atoms with van der Waals surface area (Å²) in [4.78, 5) is 23.4. The van der Waals surface area contributed by atoms with Crippen molar-refractivity contribution in [2.24, 2.45) is 0 Å². The average molecular weight is 380 g/mol. The van der Waals surface area contributed by atoms with Crippen LogP contribution in [0.4, 0.5) is 0 Å². The highest BCUT2D eigenvalue weighted by Crippen LogP contribution is 2.34. The number of esters is 2. The second-order valence-electron chi connectivity index (χ2n) is 5.34. The zero-order valence-corrected chi connectivity index (χ0v) is 15.7. The quantitative estimate of drug-likeness (QED) is 0.558. The van der Waals surface area contributed by atoms with E-state index in [0.717, 1.165) is 5.56 Å². The number of ether oxygens (including phenoxy) is 4. The maximum absolute atomic E-state index is 12.2. The molecule has 0 saturated heterocycles. The largest absolute Gasteiger partial charge is 0.493 e. The third kappa shape index (κ3) is 4.23. The Labute approximate surface area is 156 Å². The average Bonchev–Trinajstić information content (AvgIpc) is 2.64. The van der Waals surface area contributed by atoms with E-state index in [4.69, 9.17) is 26.4 Å². The topological polar surface area (TPSA) is 95.1 Å². The number of hydrogen-bond acceptors (Lipinski definition) is 7. The van der Waals surface area contributed by atoms with Gasteiger partial charge in [0.2, 0.25) is 0 Å². The summed E-state index contributed by atoms with van der Waals surface area (Å²) in [5.41, 5.74) is 1.73. The molecular weight excluding hydrogens is 360 g/mol. The molecule has 1 heterocycles. The Bertz CT molecular complexity index is 762. The minimum atomic E-state index is -0.514. The van der Waals surface area contributed by atoms with Crippen molar-refractivity contribution in [3.05, 3.63) is 35.0 Å². The van der Waals surface area contributed by atoms with Crippen LogP contribution in [0.5, 0.6) is 11.5 Å². The van der Waals surface area contributed by atoms with Crippen molar-refractivity contribution in [2.75, 3.05) is 27.9 Å². The molecule has 1 aliphatic heterocycles. The molecule has 9 heteroatoms. The second-order valence-corrected chi connectivity index (χ2v) is 5.75. The summed E-state index contributed by atoms with van der Waals surface area (Å²) in [6, 6.07) is 4.58. The highest BCUT2D eigenvalue weighted by molar-refractivity contribution is 7.80. The number of methoxy groups -OCH3 is 3. The number of rotatable bonds is 6. The minimum absolute atomic E-state index is 0.242. The van der Waals surface area contributed by atoms with E-state index in [9.17, 15) is 9.59 Å². The predicted molar refractivity (Wildman–Crippen MR) is 96.8 cm³/mol. The number of benzene rings is 1. The molecule has 2 rings (SSSR count). The molecule has 0 aliphatic carbocycles. The maximum Gasteiger partial charge on any atom is 0.343 e. The summed E-state index contributed by atoms with van der Waals surface area (Å²) in [7, 11) is 4.07. The van der Waals surface area contributed by atoms with E-state index in [1.54, 1.807) is 25.1 Å². The van der Waals surface area contributed by atoms with Crippen molar-refractivity contribution in [3.8, 4) is 11.5 Å². The molecule has 0 unspecified atom stereocenters. The third-order valence-corrected chi connectivity index (χ3v) is 3.99. The Morgan fingerprint density at radius 2 is 1.88 bits per heavy atom. The molecule has 26 heavy (non-hydrogen) atoms. The number of carbonyl (C=O) groups excluding carboxylic acids is 2. The van der Waals surface area contributed by atoms with E-state index in [1.165, 1.54) is 21.3 Å². The van der Waals surface area contributed by atoms with Crippen LogP contribution >= 0.6 is 12.2 Å². The fourth-order valence-electron chi connectivity index (χ4n) is 2.50. The molecule has 1 atom stereocenters. The lowest BCUT2D eigenvalue weighted by molar-refractivity contribution is -0.143. The number of nitrogens with one attached hydrogen (secondary N) is 2. The van der Waals surface area contributed by atoms with Crippen LogP contribution in [0.15, 0.2) is 29.5 Å². The van der Waals surface area contributed by atoms with Crippen molar-refractivity contribution in [1.29, 1.82) is 0 Å². The lowest BCUT2D eigenvalue weighted by Crippen LogP contribution is -2.45. The molecule has 0 spiro atoms. The first-order valence-electron chi connectivity index (χ1n) is 7.65. The number of allylic oxidation sites excluding steroid dienone is 1. The number of carbonyl (C=O) groups is 2. The van der Waals surface area contributed by atoms with Crippen LogP contribution in [0.1, 0.15) is 18.5 Å². The van der Waals surface area contributed by atoms with Crippen LogP contribution in [0.2, 0.25) is 0 Å². The summed E-state index contributed by atoms with van der Waals surface area (Å²) in [5.74, 6) is -0.203. The zero-order chi connectivity index (χ0) is 19.3. The summed E-state index contributed by atoms with van der Waals surface area (Å²) >= 11 is 5.19. The molecule has 0 radical (unpaired) electrons. The SMILES string of the molecule is COC(=O)COc1ccc([C@H]2NC(=S)NC(C)=C2C(=O)OC)cc1OC. The Kier molecular flexibility index (Phi) is 6.40. The molecule has 0 saturated carbocycles. The number of hydrogen-bond donors (Lipinski definition) is 2. The van der Waals surface area contributed by atoms with E-state index in [-0.39, 0.29) is 6.61 Å². The molecule has 1 aromatic carbocycles. The van der Waals surface area contributed by atoms with Gasteiger partial charge in [-0.25, -0.2) is 9.59 Å². The van der Waals surface area contributed by atoms with E-state index in [1.807, 2.05) is 0 Å². The van der Waals surface area contributed by atoms with Gasteiger partial charge in [-0.15, -0.1) is 0 Å². The normalized spacial score (nSPS) is 16.3. The molecule has 1 aliphatic rings. The lowest BCUT2D eigenvalue weighted by Gasteiger charge is -2.29. The van der Waals surface area contributed by atoms with Gasteiger partial charge in [0.25, 0.3) is 0 Å². The van der Waals surface area contributed by atoms with Crippen molar-refractivity contribution >= 4 is 29.3 Å². The van der Waals surface area contributed by atoms with E-state index < -0.39 is 18.0 Å². The van der Waals surface area contributed by atoms with Gasteiger partial charge < -0.3 is 29.6 Å². The fourth-order valence-corrected chi connectivity index (χ4v) is 2.77. The summed E-state index contributed by atoms with van der Waals surface area (Å²) < 4.78 is 20.2. The van der Waals surface area contributed by atoms with Gasteiger partial charge in [0.15, 0.2) is 23.2 Å². The Balaban J connectivity index is 2.37. The van der Waals surface area contributed by atoms with Crippen LogP contribution < -0.4 is 20.1 Å². The van der Waals surface area contributed by atoms with Gasteiger partial charge in [0.05, 0.1) is 32.9 Å². The molecule has 2 N–H and O–H groups in total. The summed E-state index contributed by atoms with van der Waals surface area (Å²) in [6.45, 7) is 1.51. The minimum Gasteiger partial charge on any atom is -0.493 e. The molecule has 0 bridgehead atoms. The number of thiocarbonyl (C=S) groups is 1. The van der Waals surface area contributed by atoms with Crippen LogP contribution in [-0.4, -0.2) is 45.0 Å². The molecule has 0 fully saturated rings. The van der Waals surface area contributed by atoms with Gasteiger partial charge in [-0.1, -0.05) is 6.07 Å². The van der Waals surface area contributed by atoms with Crippen LogP contribution in [0.3, 0.4) is 0 Å². The van der Waals surface area contributed by atoms with Crippen LogP contribution in [0.25, 0.3) is 0 Å². The molecule has 1 aromatic rings. The van der Waals surface area contributed by atoms with Crippen molar-refractivity contribution in [1.82, 2.24) is 10.6 Å². The summed E-state index contributed by atoms with van der Waals surface area (Å²) in [6.07, 6.45) is 0. The monoisotopic (exact) mass is 380 g/mol. The predicted octanol–water partition coefficient (Wildman–Crippen LogP) is 1.21. The van der Waals surface area contributed by atoms with Gasteiger partial charge in [0, 0.05) is 5.70 Å². The fraction of sp³-hybridized carbons (Fsp3) is 0.353. The van der Waals surface area contributed by atoms with Crippen molar-refractivity contribution in [3.63, 3.8) is 0 Å². The first-order chi connectivity index (χ1) is 12.4. The Hall–Kier alpha value is -2.81. The van der Waals surface area contributed by atoms with Gasteiger partial charge in [-0.05, 0) is 36.8 Å². The van der Waals surface area contributed by atoms with Crippen molar-refractivity contribution < 1.29 is 28.5 Å². The molecular formula is C17H20N2O6S. The molecule has 0 aromatic heterocycles. The Morgan fingerprint density at radius 3 is 2.50 bits per heavy atom. The summed E-state index contributed by atoms with van der Waals surface area (Å²) in [5, 5.41) is 6.36. The standard InChI is InChI=1S/C17H20N2O6S/c1-9-14(16(21)24-4)15(19-17(26)18-9)10-5-6-11(12(7-10)22-2)25-8-13(20)23-3/h5-7,15H,8H2,1-4H3,(H2,18,19,26)/t15-/m1/s1. The van der Waals surface area contributed by atoms with E-state index in [2.05, 4.69) is 15.4 Å². The lowest BCUT2D eigenvalue weighted by atomic mass is 9.95. The third-order valence-electron chi connectivity index (χ3n) is 3.77. The first kappa shape index (κ1) is 19.5. The Morgan fingerprint density at radius 1 is 1.15 bits per heavy atom. The highest BCUT2D eigenvalue weighted by Gasteiger charge is 2.31. The van der Waals surface area contributed by atoms with Gasteiger partial charge in [0.1, 0.15) is 0 Å². The zero-order valence-electron chi connectivity index (χ0n) is 14.9. The second kappa shape index (κ2) is 8.52. The van der Waals surface area contributed by atoms with Crippen LogP contribution in [0, 0.1) is 0 Å². The van der Waals surface area contributed by atoms with E-state index >= 15 is 0 Å². The van der Waals surface area contributed by atoms with Gasteiger partial charge in [-0.3, -0.25) is 0 Å². The molecule has 8 nitrogen and oxygen atoms in total. The van der Waals surface area contributed by atoms with E-state index in [0.29, 0.717) is 27.9 Å². The highest BCUT2D eigenvalue weighted by atomic mass is 32.1. The maximum atomic E-state index is 12.2. The molecule has 0 amide bonds. The molecule has 140 valence electrons. The smallest absolute Gasteiger partial charge is 0.343 e. The first-order valence-corrected chi connectivity index (χ1v) is 8.06. The van der Waals surface area contributed by atoms with Gasteiger partial charge in [-0.2, -0.15) is 0 Å². The van der Waals surface area contributed by atoms with Crippen LogP contribution in [-0.2, 0) is 19.1 Å².